The Morgan fingerprint density at radius 1 is 1.15 bits per heavy atom. The van der Waals surface area contributed by atoms with Crippen LogP contribution in [-0.4, -0.2) is 22.3 Å². The minimum atomic E-state index is -0.438. The molecule has 138 valence electrons. The van der Waals surface area contributed by atoms with Gasteiger partial charge in [0.05, 0.1) is 4.92 Å². The molecule has 0 aliphatic rings. The first kappa shape index (κ1) is 20.2. The molecule has 2 rings (SSSR count). The van der Waals surface area contributed by atoms with Gasteiger partial charge in [-0.3, -0.25) is 14.9 Å². The zero-order valence-electron chi connectivity index (χ0n) is 14.5. The summed E-state index contributed by atoms with van der Waals surface area (Å²) in [5.74, 6) is 0.0518. The van der Waals surface area contributed by atoms with Crippen molar-refractivity contribution in [3.8, 4) is 0 Å². The normalized spacial score (nSPS) is 10.6. The lowest BCUT2D eigenvalue weighted by Gasteiger charge is -2.23. The molecule has 2 aromatic carbocycles. The van der Waals surface area contributed by atoms with Crippen molar-refractivity contribution in [1.82, 2.24) is 4.90 Å². The molecule has 7 heteroatoms. The topological polar surface area (TPSA) is 63.5 Å². The van der Waals surface area contributed by atoms with E-state index < -0.39 is 4.92 Å². The van der Waals surface area contributed by atoms with Crippen LogP contribution in [0.5, 0.6) is 0 Å². The number of halogens is 2. The average molecular weight is 395 g/mol. The molecule has 1 amide bonds. The van der Waals surface area contributed by atoms with Gasteiger partial charge < -0.3 is 4.90 Å². The van der Waals surface area contributed by atoms with Crippen LogP contribution in [0.1, 0.15) is 30.9 Å². The fourth-order valence-electron chi connectivity index (χ4n) is 2.59. The molecule has 0 aromatic heterocycles. The summed E-state index contributed by atoms with van der Waals surface area (Å²) < 4.78 is 0. The summed E-state index contributed by atoms with van der Waals surface area (Å²) in [4.78, 5) is 24.5. The van der Waals surface area contributed by atoms with Crippen LogP contribution in [0.25, 0.3) is 0 Å². The number of benzene rings is 2. The standard InChI is InChI=1S/C19H20Cl2N2O3/c1-2-3-19(24)22(11-10-15-6-7-16(20)12-18(15)21)13-14-4-8-17(9-5-14)23(25)26/h4-9,12H,2-3,10-11,13H2,1H3. The largest absolute Gasteiger partial charge is 0.338 e. The molecule has 0 bridgehead atoms. The van der Waals surface area contributed by atoms with Crippen molar-refractivity contribution < 1.29 is 9.72 Å². The number of nitro benzene ring substituents is 1. The van der Waals surface area contributed by atoms with E-state index in [1.165, 1.54) is 12.1 Å². The van der Waals surface area contributed by atoms with Crippen molar-refractivity contribution in [1.29, 1.82) is 0 Å². The van der Waals surface area contributed by atoms with Crippen LogP contribution in [-0.2, 0) is 17.8 Å². The number of amides is 1. The molecule has 26 heavy (non-hydrogen) atoms. The molecular formula is C19H20Cl2N2O3. The Bertz CT molecular complexity index is 779. The molecule has 0 saturated carbocycles. The van der Waals surface area contributed by atoms with Crippen LogP contribution in [0.2, 0.25) is 10.0 Å². The van der Waals surface area contributed by atoms with Crippen LogP contribution in [0, 0.1) is 10.1 Å². The summed E-state index contributed by atoms with van der Waals surface area (Å²) in [7, 11) is 0. The molecule has 0 saturated heterocycles. The van der Waals surface area contributed by atoms with Crippen molar-refractivity contribution in [2.75, 3.05) is 6.54 Å². The molecule has 2 aromatic rings. The second kappa shape index (κ2) is 9.55. The SMILES string of the molecule is CCCC(=O)N(CCc1ccc(Cl)cc1Cl)Cc1ccc([N+](=O)[O-])cc1. The van der Waals surface area contributed by atoms with Crippen molar-refractivity contribution in [3.05, 3.63) is 73.8 Å². The Labute approximate surface area is 162 Å². The number of hydrogen-bond acceptors (Lipinski definition) is 3. The van der Waals surface area contributed by atoms with E-state index in [1.807, 2.05) is 13.0 Å². The summed E-state index contributed by atoms with van der Waals surface area (Å²) >= 11 is 12.1. The van der Waals surface area contributed by atoms with Gasteiger partial charge in [-0.05, 0) is 36.1 Å². The highest BCUT2D eigenvalue weighted by atomic mass is 35.5. The van der Waals surface area contributed by atoms with E-state index in [9.17, 15) is 14.9 Å². The van der Waals surface area contributed by atoms with Gasteiger partial charge in [0.25, 0.3) is 5.69 Å². The lowest BCUT2D eigenvalue weighted by atomic mass is 10.1. The van der Waals surface area contributed by atoms with Crippen molar-refractivity contribution in [2.45, 2.75) is 32.7 Å². The van der Waals surface area contributed by atoms with Crippen molar-refractivity contribution in [3.63, 3.8) is 0 Å². The fraction of sp³-hybridized carbons (Fsp3) is 0.316. The molecule has 0 fully saturated rings. The highest BCUT2D eigenvalue weighted by molar-refractivity contribution is 6.35. The molecule has 0 heterocycles. The molecule has 0 N–H and O–H groups in total. The Kier molecular flexibility index (Phi) is 7.42. The van der Waals surface area contributed by atoms with Gasteiger partial charge in [-0.25, -0.2) is 0 Å². The number of hydrogen-bond donors (Lipinski definition) is 0. The molecule has 5 nitrogen and oxygen atoms in total. The first-order valence-corrected chi connectivity index (χ1v) is 9.11. The second-order valence-electron chi connectivity index (χ2n) is 5.97. The quantitative estimate of drug-likeness (QED) is 0.452. The number of non-ortho nitro benzene ring substituents is 1. The lowest BCUT2D eigenvalue weighted by molar-refractivity contribution is -0.384. The maximum Gasteiger partial charge on any atom is 0.269 e. The van der Waals surface area contributed by atoms with Gasteiger partial charge in [0.1, 0.15) is 0 Å². The molecule has 0 spiro atoms. The van der Waals surface area contributed by atoms with Crippen LogP contribution in [0.4, 0.5) is 5.69 Å². The molecule has 0 atom stereocenters. The van der Waals surface area contributed by atoms with Gasteiger partial charge in [-0.1, -0.05) is 48.3 Å². The number of nitro groups is 1. The van der Waals surface area contributed by atoms with Crippen molar-refractivity contribution >= 4 is 34.8 Å². The van der Waals surface area contributed by atoms with Crippen LogP contribution in [0.3, 0.4) is 0 Å². The molecule has 0 unspecified atom stereocenters. The minimum absolute atomic E-state index is 0.0353. The van der Waals surface area contributed by atoms with Gasteiger partial charge in [0, 0.05) is 41.7 Å². The van der Waals surface area contributed by atoms with E-state index in [2.05, 4.69) is 0 Å². The van der Waals surface area contributed by atoms with E-state index >= 15 is 0 Å². The predicted molar refractivity (Wildman–Crippen MR) is 104 cm³/mol. The first-order chi connectivity index (χ1) is 12.4. The van der Waals surface area contributed by atoms with Gasteiger partial charge >= 0.3 is 0 Å². The summed E-state index contributed by atoms with van der Waals surface area (Å²) in [6.45, 7) is 2.87. The Morgan fingerprint density at radius 2 is 1.85 bits per heavy atom. The highest BCUT2D eigenvalue weighted by Gasteiger charge is 2.15. The van der Waals surface area contributed by atoms with E-state index in [0.29, 0.717) is 36.0 Å². The number of carbonyl (C=O) groups is 1. The third-order valence-corrected chi connectivity index (χ3v) is 4.59. The Morgan fingerprint density at radius 3 is 2.42 bits per heavy atom. The van der Waals surface area contributed by atoms with Crippen LogP contribution < -0.4 is 0 Å². The van der Waals surface area contributed by atoms with Crippen LogP contribution >= 0.6 is 23.2 Å². The zero-order chi connectivity index (χ0) is 19.1. The fourth-order valence-corrected chi connectivity index (χ4v) is 3.09. The maximum atomic E-state index is 12.4. The first-order valence-electron chi connectivity index (χ1n) is 8.35. The summed E-state index contributed by atoms with van der Waals surface area (Å²) in [5, 5.41) is 11.9. The van der Waals surface area contributed by atoms with E-state index in [4.69, 9.17) is 23.2 Å². The predicted octanol–water partition coefficient (Wildman–Crippen LogP) is 5.27. The Hall–Kier alpha value is -2.11. The number of rotatable bonds is 8. The molecule has 0 aliphatic carbocycles. The number of carbonyl (C=O) groups excluding carboxylic acids is 1. The average Bonchev–Trinajstić information content (AvgIpc) is 2.60. The Balaban J connectivity index is 2.10. The molecular weight excluding hydrogens is 375 g/mol. The van der Waals surface area contributed by atoms with Gasteiger partial charge in [0.2, 0.25) is 5.91 Å². The smallest absolute Gasteiger partial charge is 0.269 e. The highest BCUT2D eigenvalue weighted by Crippen LogP contribution is 2.22. The minimum Gasteiger partial charge on any atom is -0.338 e. The zero-order valence-corrected chi connectivity index (χ0v) is 16.0. The van der Waals surface area contributed by atoms with E-state index in [0.717, 1.165) is 17.5 Å². The van der Waals surface area contributed by atoms with Gasteiger partial charge in [-0.2, -0.15) is 0 Å². The van der Waals surface area contributed by atoms with E-state index in [-0.39, 0.29) is 11.6 Å². The summed E-state index contributed by atoms with van der Waals surface area (Å²) in [6, 6.07) is 11.6. The monoisotopic (exact) mass is 394 g/mol. The van der Waals surface area contributed by atoms with Gasteiger partial charge in [-0.15, -0.1) is 0 Å². The summed E-state index contributed by atoms with van der Waals surface area (Å²) in [6.07, 6.45) is 1.83. The molecule has 0 radical (unpaired) electrons. The van der Waals surface area contributed by atoms with Crippen molar-refractivity contribution in [2.24, 2.45) is 0 Å². The lowest BCUT2D eigenvalue weighted by Crippen LogP contribution is -2.32. The second-order valence-corrected chi connectivity index (χ2v) is 6.82. The maximum absolute atomic E-state index is 12.4. The third kappa shape index (κ3) is 5.71. The summed E-state index contributed by atoms with van der Waals surface area (Å²) in [5.41, 5.74) is 1.81. The number of nitrogens with zero attached hydrogens (tertiary/aromatic N) is 2. The third-order valence-electron chi connectivity index (χ3n) is 4.00. The van der Waals surface area contributed by atoms with Gasteiger partial charge in [0.15, 0.2) is 0 Å². The van der Waals surface area contributed by atoms with Crippen LogP contribution in [0.15, 0.2) is 42.5 Å². The molecule has 0 aliphatic heterocycles. The van der Waals surface area contributed by atoms with E-state index in [1.54, 1.807) is 29.2 Å².